The molecule has 116 valence electrons. The number of hydrogen-bond donors (Lipinski definition) is 1. The van der Waals surface area contributed by atoms with Gasteiger partial charge in [0.1, 0.15) is 11.3 Å². The van der Waals surface area contributed by atoms with Gasteiger partial charge < -0.3 is 9.52 Å². The van der Waals surface area contributed by atoms with E-state index in [0.29, 0.717) is 11.5 Å². The molecule has 1 heterocycles. The quantitative estimate of drug-likeness (QED) is 0.544. The third-order valence-electron chi connectivity index (χ3n) is 3.68. The van der Waals surface area contributed by atoms with E-state index >= 15 is 0 Å². The molecule has 4 nitrogen and oxygen atoms in total. The summed E-state index contributed by atoms with van der Waals surface area (Å²) in [5.41, 5.74) is 3.82. The lowest BCUT2D eigenvalue weighted by atomic mass is 10.2. The molecule has 4 heteroatoms. The van der Waals surface area contributed by atoms with Gasteiger partial charge in [-0.05, 0) is 42.5 Å². The molecule has 0 amide bonds. The van der Waals surface area contributed by atoms with Crippen molar-refractivity contribution in [2.45, 2.75) is 0 Å². The molecule has 0 radical (unpaired) electrons. The van der Waals surface area contributed by atoms with Crippen molar-refractivity contribution in [2.75, 3.05) is 0 Å². The third-order valence-corrected chi connectivity index (χ3v) is 3.68. The largest absolute Gasteiger partial charge is 0.507 e. The zero-order chi connectivity index (χ0) is 16.4. The van der Waals surface area contributed by atoms with E-state index in [9.17, 15) is 5.11 Å². The number of hydrogen-bond acceptors (Lipinski definition) is 4. The van der Waals surface area contributed by atoms with Crippen LogP contribution < -0.4 is 0 Å². The predicted molar refractivity (Wildman–Crippen MR) is 94.8 cm³/mol. The number of fused-ring (bicyclic) bond motifs is 1. The van der Waals surface area contributed by atoms with Crippen LogP contribution >= 0.6 is 0 Å². The average molecular weight is 314 g/mol. The van der Waals surface area contributed by atoms with Crippen molar-refractivity contribution in [3.8, 4) is 17.2 Å². The molecule has 3 aromatic carbocycles. The Morgan fingerprint density at radius 1 is 0.917 bits per heavy atom. The van der Waals surface area contributed by atoms with Crippen LogP contribution in [-0.2, 0) is 0 Å². The zero-order valence-corrected chi connectivity index (χ0v) is 12.8. The molecule has 1 aromatic heterocycles. The van der Waals surface area contributed by atoms with Crippen LogP contribution in [0.15, 0.2) is 82.2 Å². The van der Waals surface area contributed by atoms with Crippen molar-refractivity contribution in [2.24, 2.45) is 4.99 Å². The van der Waals surface area contributed by atoms with Crippen molar-refractivity contribution < 1.29 is 9.52 Å². The highest BCUT2D eigenvalue weighted by molar-refractivity contribution is 5.87. The molecule has 1 N–H and O–H groups in total. The molecule has 4 rings (SSSR count). The lowest BCUT2D eigenvalue weighted by molar-refractivity contribution is 0.474. The normalized spacial score (nSPS) is 11.3. The molecular formula is C20H14N2O2. The fourth-order valence-corrected chi connectivity index (χ4v) is 2.44. The Hall–Kier alpha value is -3.40. The van der Waals surface area contributed by atoms with Crippen LogP contribution in [0.3, 0.4) is 0 Å². The number of aromatic hydroxyl groups is 1. The van der Waals surface area contributed by atoms with Crippen LogP contribution in [0.2, 0.25) is 0 Å². The van der Waals surface area contributed by atoms with Crippen molar-refractivity contribution in [1.82, 2.24) is 4.98 Å². The van der Waals surface area contributed by atoms with E-state index in [-0.39, 0.29) is 5.75 Å². The molecule has 0 spiro atoms. The number of phenols is 1. The summed E-state index contributed by atoms with van der Waals surface area (Å²) in [6.07, 6.45) is 1.63. The van der Waals surface area contributed by atoms with Crippen LogP contribution in [0.5, 0.6) is 5.75 Å². The summed E-state index contributed by atoms with van der Waals surface area (Å²) in [6.45, 7) is 0. The first-order valence-electron chi connectivity index (χ1n) is 7.58. The molecule has 0 fully saturated rings. The zero-order valence-electron chi connectivity index (χ0n) is 12.8. The highest BCUT2D eigenvalue weighted by Crippen LogP contribution is 2.27. The number of para-hydroxylation sites is 1. The number of aliphatic imine (C=N–C) groups is 1. The summed E-state index contributed by atoms with van der Waals surface area (Å²) in [4.78, 5) is 8.93. The maximum atomic E-state index is 9.77. The number of oxazole rings is 1. The molecule has 0 bridgehead atoms. The first kappa shape index (κ1) is 14.2. The van der Waals surface area contributed by atoms with Gasteiger partial charge in [0.05, 0.1) is 5.69 Å². The number of aromatic nitrogens is 1. The maximum absolute atomic E-state index is 9.77. The SMILES string of the molecule is Oc1ccccc1C=Nc1ccc2oc(-c3ccccc3)nc2c1. The lowest BCUT2D eigenvalue weighted by Gasteiger charge is -1.97. The molecule has 24 heavy (non-hydrogen) atoms. The van der Waals surface area contributed by atoms with E-state index in [1.54, 1.807) is 24.4 Å². The Morgan fingerprint density at radius 2 is 1.71 bits per heavy atom. The molecule has 0 aliphatic heterocycles. The highest BCUT2D eigenvalue weighted by atomic mass is 16.3. The predicted octanol–water partition coefficient (Wildman–Crippen LogP) is 4.95. The molecule has 0 aliphatic carbocycles. The van der Waals surface area contributed by atoms with E-state index in [1.165, 1.54) is 0 Å². The van der Waals surface area contributed by atoms with Gasteiger partial charge >= 0.3 is 0 Å². The molecule has 0 saturated carbocycles. The summed E-state index contributed by atoms with van der Waals surface area (Å²) in [6, 6.07) is 22.4. The molecule has 4 aromatic rings. The topological polar surface area (TPSA) is 58.6 Å². The second kappa shape index (κ2) is 6.01. The first-order chi connectivity index (χ1) is 11.8. The molecular weight excluding hydrogens is 300 g/mol. The van der Waals surface area contributed by atoms with Gasteiger partial charge in [-0.3, -0.25) is 4.99 Å². The van der Waals surface area contributed by atoms with Crippen molar-refractivity contribution in [1.29, 1.82) is 0 Å². The summed E-state index contributed by atoms with van der Waals surface area (Å²) in [7, 11) is 0. The Morgan fingerprint density at radius 3 is 2.54 bits per heavy atom. The summed E-state index contributed by atoms with van der Waals surface area (Å²) in [5.74, 6) is 0.794. The summed E-state index contributed by atoms with van der Waals surface area (Å²) in [5, 5.41) is 9.77. The minimum atomic E-state index is 0.204. The van der Waals surface area contributed by atoms with Gasteiger partial charge in [-0.25, -0.2) is 4.98 Å². The molecule has 0 aliphatic rings. The van der Waals surface area contributed by atoms with E-state index in [1.807, 2.05) is 54.6 Å². The number of phenolic OH excluding ortho intramolecular Hbond substituents is 1. The number of nitrogens with zero attached hydrogens (tertiary/aromatic N) is 2. The Labute approximate surface area is 138 Å². The van der Waals surface area contributed by atoms with E-state index < -0.39 is 0 Å². The van der Waals surface area contributed by atoms with Crippen LogP contribution in [0.25, 0.3) is 22.6 Å². The van der Waals surface area contributed by atoms with Crippen LogP contribution in [0, 0.1) is 0 Å². The van der Waals surface area contributed by atoms with E-state index in [2.05, 4.69) is 9.98 Å². The minimum absolute atomic E-state index is 0.204. The Balaban J connectivity index is 1.67. The van der Waals surface area contributed by atoms with Gasteiger partial charge in [0, 0.05) is 17.3 Å². The van der Waals surface area contributed by atoms with Gasteiger partial charge in [-0.15, -0.1) is 0 Å². The van der Waals surface area contributed by atoms with Crippen molar-refractivity contribution in [3.63, 3.8) is 0 Å². The number of benzene rings is 3. The highest BCUT2D eigenvalue weighted by Gasteiger charge is 2.08. The smallest absolute Gasteiger partial charge is 0.227 e. The Kier molecular flexibility index (Phi) is 3.56. The van der Waals surface area contributed by atoms with Gasteiger partial charge in [0.2, 0.25) is 5.89 Å². The Bertz CT molecular complexity index is 1020. The maximum Gasteiger partial charge on any atom is 0.227 e. The summed E-state index contributed by atoms with van der Waals surface area (Å²) < 4.78 is 5.79. The first-order valence-corrected chi connectivity index (χ1v) is 7.58. The monoisotopic (exact) mass is 314 g/mol. The fourth-order valence-electron chi connectivity index (χ4n) is 2.44. The van der Waals surface area contributed by atoms with Crippen LogP contribution in [0.4, 0.5) is 5.69 Å². The van der Waals surface area contributed by atoms with Crippen molar-refractivity contribution >= 4 is 23.0 Å². The second-order valence-electron chi connectivity index (χ2n) is 5.35. The van der Waals surface area contributed by atoms with Gasteiger partial charge in [-0.2, -0.15) is 0 Å². The molecule has 0 unspecified atom stereocenters. The minimum Gasteiger partial charge on any atom is -0.507 e. The standard InChI is InChI=1S/C20H14N2O2/c23-18-9-5-4-8-15(18)13-21-16-10-11-19-17(12-16)22-20(24-19)14-6-2-1-3-7-14/h1-13,23H. The number of rotatable bonds is 3. The fraction of sp³-hybridized carbons (Fsp3) is 0. The lowest BCUT2D eigenvalue weighted by Crippen LogP contribution is -1.80. The van der Waals surface area contributed by atoms with Gasteiger partial charge in [-0.1, -0.05) is 30.3 Å². The van der Waals surface area contributed by atoms with E-state index in [4.69, 9.17) is 4.42 Å². The average Bonchev–Trinajstić information content (AvgIpc) is 3.05. The van der Waals surface area contributed by atoms with E-state index in [0.717, 1.165) is 22.4 Å². The summed E-state index contributed by atoms with van der Waals surface area (Å²) >= 11 is 0. The van der Waals surface area contributed by atoms with Crippen LogP contribution in [-0.4, -0.2) is 16.3 Å². The molecule has 0 atom stereocenters. The van der Waals surface area contributed by atoms with Gasteiger partial charge in [0.15, 0.2) is 5.58 Å². The van der Waals surface area contributed by atoms with Crippen LogP contribution in [0.1, 0.15) is 5.56 Å². The van der Waals surface area contributed by atoms with Gasteiger partial charge in [0.25, 0.3) is 0 Å². The van der Waals surface area contributed by atoms with Crippen molar-refractivity contribution in [3.05, 3.63) is 78.4 Å². The molecule has 0 saturated heterocycles. The third kappa shape index (κ3) is 2.77. The second-order valence-corrected chi connectivity index (χ2v) is 5.35.